The van der Waals surface area contributed by atoms with Crippen molar-refractivity contribution in [2.45, 2.75) is 31.8 Å². The number of amides is 1. The van der Waals surface area contributed by atoms with Crippen LogP contribution >= 0.6 is 23.7 Å². The molecule has 1 aromatic heterocycles. The van der Waals surface area contributed by atoms with E-state index in [4.69, 9.17) is 10.5 Å². The van der Waals surface area contributed by atoms with Crippen LogP contribution in [0, 0.1) is 0 Å². The van der Waals surface area contributed by atoms with E-state index in [0.29, 0.717) is 19.5 Å². The van der Waals surface area contributed by atoms with Crippen molar-refractivity contribution < 1.29 is 9.53 Å². The van der Waals surface area contributed by atoms with Gasteiger partial charge < -0.3 is 15.8 Å². The van der Waals surface area contributed by atoms with E-state index in [-0.39, 0.29) is 29.8 Å². The summed E-state index contributed by atoms with van der Waals surface area (Å²) in [4.78, 5) is 13.0. The number of carbonyl (C=O) groups excluding carboxylic acids is 1. The number of nitrogens with two attached hydrogens (primary N) is 1. The first-order chi connectivity index (χ1) is 8.49. The fourth-order valence-electron chi connectivity index (χ4n) is 1.61. The van der Waals surface area contributed by atoms with Crippen molar-refractivity contribution in [2.24, 2.45) is 5.73 Å². The maximum atomic E-state index is 11.7. The second-order valence-electron chi connectivity index (χ2n) is 4.94. The molecule has 1 heterocycles. The summed E-state index contributed by atoms with van der Waals surface area (Å²) in [6.45, 7) is 5.22. The minimum atomic E-state index is -0.199. The second kappa shape index (κ2) is 8.53. The van der Waals surface area contributed by atoms with Gasteiger partial charge in [0.15, 0.2) is 0 Å². The lowest BCUT2D eigenvalue weighted by molar-refractivity contribution is -0.123. The molecule has 0 aliphatic heterocycles. The normalized spacial score (nSPS) is 12.6. The second-order valence-corrected chi connectivity index (χ2v) is 5.88. The minimum Gasteiger partial charge on any atom is -0.380 e. The van der Waals surface area contributed by atoms with Crippen molar-refractivity contribution in [3.63, 3.8) is 0 Å². The van der Waals surface area contributed by atoms with Crippen LogP contribution in [0.1, 0.15) is 25.1 Å². The van der Waals surface area contributed by atoms with Crippen molar-refractivity contribution in [3.05, 3.63) is 22.4 Å². The Labute approximate surface area is 125 Å². The lowest BCUT2D eigenvalue weighted by atomic mass is 9.91. The number of thiophene rings is 1. The summed E-state index contributed by atoms with van der Waals surface area (Å²) in [7, 11) is 1.57. The number of methoxy groups -OCH3 is 1. The summed E-state index contributed by atoms with van der Waals surface area (Å²) >= 11 is 1.71. The van der Waals surface area contributed by atoms with Crippen LogP contribution in [0.4, 0.5) is 0 Å². The Kier molecular flexibility index (Phi) is 8.25. The first kappa shape index (κ1) is 18.4. The average Bonchev–Trinajstić information content (AvgIpc) is 2.88. The molecule has 0 aliphatic rings. The summed E-state index contributed by atoms with van der Waals surface area (Å²) in [5, 5.41) is 4.99. The highest BCUT2D eigenvalue weighted by molar-refractivity contribution is 7.10. The van der Waals surface area contributed by atoms with E-state index in [9.17, 15) is 4.79 Å². The number of rotatable bonds is 7. The van der Waals surface area contributed by atoms with E-state index in [1.807, 2.05) is 11.4 Å². The number of hydrogen-bond donors (Lipinski definition) is 2. The fourth-order valence-corrected chi connectivity index (χ4v) is 2.46. The molecule has 0 spiro atoms. The van der Waals surface area contributed by atoms with E-state index in [1.165, 1.54) is 4.88 Å². The molecule has 3 N–H and O–H groups in total. The Morgan fingerprint density at radius 1 is 1.58 bits per heavy atom. The molecule has 0 aromatic carbocycles. The molecule has 4 nitrogen and oxygen atoms in total. The first-order valence-electron chi connectivity index (χ1n) is 6.03. The largest absolute Gasteiger partial charge is 0.380 e. The van der Waals surface area contributed by atoms with Gasteiger partial charge >= 0.3 is 0 Å². The minimum absolute atomic E-state index is 0. The number of hydrogen-bond acceptors (Lipinski definition) is 4. The van der Waals surface area contributed by atoms with Gasteiger partial charge in [0.05, 0.1) is 12.5 Å². The van der Waals surface area contributed by atoms with Gasteiger partial charge in [-0.15, -0.1) is 23.7 Å². The summed E-state index contributed by atoms with van der Waals surface area (Å²) in [6, 6.07) is 4.12. The Hall–Kier alpha value is -0.620. The summed E-state index contributed by atoms with van der Waals surface area (Å²) in [5.74, 6) is -0.0167. The maximum Gasteiger partial charge on any atom is 0.222 e. The van der Waals surface area contributed by atoms with Crippen LogP contribution in [0.2, 0.25) is 0 Å². The van der Waals surface area contributed by atoms with Gasteiger partial charge in [0, 0.05) is 30.5 Å². The van der Waals surface area contributed by atoms with Crippen molar-refractivity contribution in [2.75, 3.05) is 20.2 Å². The molecule has 6 heteroatoms. The topological polar surface area (TPSA) is 64.3 Å². The zero-order chi connectivity index (χ0) is 13.6. The van der Waals surface area contributed by atoms with Gasteiger partial charge in [-0.25, -0.2) is 0 Å². The summed E-state index contributed by atoms with van der Waals surface area (Å²) in [5.41, 5.74) is 5.44. The number of nitrogens with one attached hydrogen (secondary N) is 1. The third-order valence-corrected chi connectivity index (χ3v) is 4.16. The number of halogens is 1. The van der Waals surface area contributed by atoms with E-state index in [0.717, 1.165) is 0 Å². The molecule has 19 heavy (non-hydrogen) atoms. The average molecular weight is 307 g/mol. The van der Waals surface area contributed by atoms with Gasteiger partial charge in [-0.1, -0.05) is 19.9 Å². The highest BCUT2D eigenvalue weighted by Crippen LogP contribution is 2.26. The van der Waals surface area contributed by atoms with Gasteiger partial charge in [-0.05, 0) is 11.4 Å². The zero-order valence-electron chi connectivity index (χ0n) is 11.6. The quantitative estimate of drug-likeness (QED) is 0.809. The predicted octanol–water partition coefficient (Wildman–Crippen LogP) is 1.93. The lowest BCUT2D eigenvalue weighted by Gasteiger charge is -2.24. The van der Waals surface area contributed by atoms with Crippen LogP contribution in [0.5, 0.6) is 0 Å². The van der Waals surface area contributed by atoms with E-state index >= 15 is 0 Å². The van der Waals surface area contributed by atoms with Gasteiger partial charge in [-0.2, -0.15) is 0 Å². The van der Waals surface area contributed by atoms with E-state index < -0.39 is 0 Å². The smallest absolute Gasteiger partial charge is 0.222 e. The number of carbonyl (C=O) groups is 1. The summed E-state index contributed by atoms with van der Waals surface area (Å²) < 4.78 is 5.09. The molecule has 0 radical (unpaired) electrons. The zero-order valence-corrected chi connectivity index (χ0v) is 13.3. The first-order valence-corrected chi connectivity index (χ1v) is 6.91. The molecule has 1 rings (SSSR count). The third kappa shape index (κ3) is 5.91. The standard InChI is InChI=1S/C13H22N2O2S.ClH/c1-13(2,11-5-4-6-18-11)9-15-12(16)7-10(8-14)17-3;/h4-6,10H,7-9,14H2,1-3H3,(H,15,16);1H. The fraction of sp³-hybridized carbons (Fsp3) is 0.615. The van der Waals surface area contributed by atoms with Gasteiger partial charge in [0.1, 0.15) is 0 Å². The Morgan fingerprint density at radius 3 is 2.74 bits per heavy atom. The Bertz CT molecular complexity index is 365. The molecule has 1 aromatic rings. The van der Waals surface area contributed by atoms with Crippen LogP contribution in [-0.2, 0) is 14.9 Å². The molecule has 0 saturated carbocycles. The maximum absolute atomic E-state index is 11.7. The van der Waals surface area contributed by atoms with Crippen LogP contribution in [0.25, 0.3) is 0 Å². The van der Waals surface area contributed by atoms with Crippen molar-refractivity contribution in [3.8, 4) is 0 Å². The molecule has 0 fully saturated rings. The van der Waals surface area contributed by atoms with Crippen LogP contribution in [-0.4, -0.2) is 32.2 Å². The van der Waals surface area contributed by atoms with Crippen LogP contribution in [0.3, 0.4) is 0 Å². The molecule has 1 amide bonds. The molecule has 0 saturated heterocycles. The summed E-state index contributed by atoms with van der Waals surface area (Å²) in [6.07, 6.45) is 0.114. The molecular formula is C13H23ClN2O2S. The molecule has 1 unspecified atom stereocenters. The van der Waals surface area contributed by atoms with Gasteiger partial charge in [0.2, 0.25) is 5.91 Å². The molecular weight excluding hydrogens is 284 g/mol. The molecule has 0 aliphatic carbocycles. The van der Waals surface area contributed by atoms with Crippen LogP contribution in [0.15, 0.2) is 17.5 Å². The van der Waals surface area contributed by atoms with Gasteiger partial charge in [-0.3, -0.25) is 4.79 Å². The predicted molar refractivity (Wildman–Crippen MR) is 82.1 cm³/mol. The van der Waals surface area contributed by atoms with Gasteiger partial charge in [0.25, 0.3) is 0 Å². The molecule has 0 bridgehead atoms. The SMILES string of the molecule is COC(CN)CC(=O)NCC(C)(C)c1cccs1.Cl. The highest BCUT2D eigenvalue weighted by atomic mass is 35.5. The highest BCUT2D eigenvalue weighted by Gasteiger charge is 2.23. The lowest BCUT2D eigenvalue weighted by Crippen LogP contribution is -2.38. The Morgan fingerprint density at radius 2 is 2.26 bits per heavy atom. The monoisotopic (exact) mass is 306 g/mol. The van der Waals surface area contributed by atoms with Crippen molar-refractivity contribution in [1.29, 1.82) is 0 Å². The third-order valence-electron chi connectivity index (χ3n) is 2.92. The van der Waals surface area contributed by atoms with Crippen molar-refractivity contribution in [1.82, 2.24) is 5.32 Å². The molecule has 110 valence electrons. The van der Waals surface area contributed by atoms with E-state index in [1.54, 1.807) is 18.4 Å². The molecule has 1 atom stereocenters. The number of ether oxygens (including phenoxy) is 1. The van der Waals surface area contributed by atoms with Crippen LogP contribution < -0.4 is 11.1 Å². The Balaban J connectivity index is 0.00000324. The van der Waals surface area contributed by atoms with E-state index in [2.05, 4.69) is 25.2 Å². The van der Waals surface area contributed by atoms with Crippen molar-refractivity contribution >= 4 is 29.7 Å².